The maximum atomic E-state index is 11.7. The van der Waals surface area contributed by atoms with Gasteiger partial charge >= 0.3 is 0 Å². The molecule has 0 saturated carbocycles. The molecule has 1 atom stereocenters. The first kappa shape index (κ1) is 12.2. The fraction of sp³-hybridized carbons (Fsp3) is 0.455. The summed E-state index contributed by atoms with van der Waals surface area (Å²) in [6, 6.07) is 3.55. The summed E-state index contributed by atoms with van der Waals surface area (Å²) in [5.74, 6) is 0.00139. The molecule has 1 aromatic rings. The van der Waals surface area contributed by atoms with Crippen molar-refractivity contribution in [1.82, 2.24) is 4.90 Å². The number of carbonyl (C=O) groups is 1. The molecule has 3 nitrogen and oxygen atoms in total. The van der Waals surface area contributed by atoms with Crippen molar-refractivity contribution in [2.45, 2.75) is 19.4 Å². The summed E-state index contributed by atoms with van der Waals surface area (Å²) in [6.45, 7) is 2.57. The second-order valence-corrected chi connectivity index (χ2v) is 4.55. The lowest BCUT2D eigenvalue weighted by Gasteiger charge is -2.20. The summed E-state index contributed by atoms with van der Waals surface area (Å²) >= 11 is 1.64. The molecule has 15 heavy (non-hydrogen) atoms. The zero-order valence-corrected chi connectivity index (χ0v) is 9.96. The van der Waals surface area contributed by atoms with Crippen LogP contribution in [0.1, 0.15) is 11.8 Å². The van der Waals surface area contributed by atoms with E-state index in [-0.39, 0.29) is 5.91 Å². The summed E-state index contributed by atoms with van der Waals surface area (Å²) < 4.78 is 0. The Hall–Kier alpha value is -0.870. The number of thiophene rings is 1. The van der Waals surface area contributed by atoms with Gasteiger partial charge in [-0.3, -0.25) is 4.79 Å². The fourth-order valence-electron chi connectivity index (χ4n) is 1.38. The standard InChI is InChI=1S/C11H17N2OS/c1-3-6-13(2)11(14)10(12)8-9-5-4-7-15-9/h3-5,7,10H,6,8,12H2,1-2H3. The third-order valence-corrected chi connectivity index (χ3v) is 3.05. The number of likely N-dealkylation sites (N-methyl/N-ethyl adjacent to an activating group) is 1. The molecule has 0 aliphatic heterocycles. The molecule has 0 aromatic carbocycles. The molecule has 0 aliphatic carbocycles. The number of nitrogens with zero attached hydrogens (tertiary/aromatic N) is 1. The van der Waals surface area contributed by atoms with E-state index in [1.165, 1.54) is 0 Å². The topological polar surface area (TPSA) is 46.3 Å². The van der Waals surface area contributed by atoms with Crippen molar-refractivity contribution in [3.63, 3.8) is 0 Å². The second-order valence-electron chi connectivity index (χ2n) is 3.52. The van der Waals surface area contributed by atoms with Crippen molar-refractivity contribution < 1.29 is 4.79 Å². The first-order valence-electron chi connectivity index (χ1n) is 4.96. The van der Waals surface area contributed by atoms with E-state index in [2.05, 4.69) is 0 Å². The van der Waals surface area contributed by atoms with E-state index in [1.54, 1.807) is 23.3 Å². The van der Waals surface area contributed by atoms with E-state index in [9.17, 15) is 4.79 Å². The highest BCUT2D eigenvalue weighted by Crippen LogP contribution is 2.11. The Morgan fingerprint density at radius 1 is 1.73 bits per heavy atom. The zero-order chi connectivity index (χ0) is 11.3. The van der Waals surface area contributed by atoms with Crippen LogP contribution in [0.5, 0.6) is 0 Å². The maximum absolute atomic E-state index is 11.7. The maximum Gasteiger partial charge on any atom is 0.239 e. The van der Waals surface area contributed by atoms with Crippen molar-refractivity contribution in [3.8, 4) is 0 Å². The second kappa shape index (κ2) is 5.88. The van der Waals surface area contributed by atoms with Crippen LogP contribution >= 0.6 is 11.3 Å². The molecule has 0 spiro atoms. The van der Waals surface area contributed by atoms with Crippen molar-refractivity contribution in [1.29, 1.82) is 0 Å². The molecule has 0 bridgehead atoms. The Bertz CT molecular complexity index is 298. The van der Waals surface area contributed by atoms with Gasteiger partial charge in [0.15, 0.2) is 0 Å². The van der Waals surface area contributed by atoms with Crippen LogP contribution in [0.2, 0.25) is 0 Å². The van der Waals surface area contributed by atoms with Gasteiger partial charge in [-0.05, 0) is 17.9 Å². The van der Waals surface area contributed by atoms with Crippen LogP contribution in [-0.2, 0) is 11.2 Å². The van der Waals surface area contributed by atoms with Gasteiger partial charge in [-0.2, -0.15) is 0 Å². The minimum Gasteiger partial charge on any atom is -0.344 e. The number of rotatable bonds is 5. The number of carbonyl (C=O) groups excluding carboxylic acids is 1. The first-order valence-corrected chi connectivity index (χ1v) is 5.84. The molecule has 4 heteroatoms. The number of hydrogen-bond donors (Lipinski definition) is 1. The lowest BCUT2D eigenvalue weighted by atomic mass is 10.1. The van der Waals surface area contributed by atoms with Gasteiger partial charge in [0.2, 0.25) is 5.91 Å². The van der Waals surface area contributed by atoms with Crippen LogP contribution in [0.4, 0.5) is 0 Å². The van der Waals surface area contributed by atoms with Crippen LogP contribution in [0.15, 0.2) is 17.5 Å². The van der Waals surface area contributed by atoms with Crippen LogP contribution in [-0.4, -0.2) is 30.4 Å². The van der Waals surface area contributed by atoms with Gasteiger partial charge in [0.1, 0.15) is 0 Å². The van der Waals surface area contributed by atoms with E-state index in [1.807, 2.05) is 30.9 Å². The monoisotopic (exact) mass is 225 g/mol. The zero-order valence-electron chi connectivity index (χ0n) is 9.14. The van der Waals surface area contributed by atoms with Gasteiger partial charge in [-0.25, -0.2) is 0 Å². The van der Waals surface area contributed by atoms with Gasteiger partial charge in [0.25, 0.3) is 0 Å². The van der Waals surface area contributed by atoms with E-state index in [0.29, 0.717) is 13.0 Å². The van der Waals surface area contributed by atoms with E-state index < -0.39 is 6.04 Å². The highest BCUT2D eigenvalue weighted by Gasteiger charge is 2.17. The van der Waals surface area contributed by atoms with E-state index in [0.717, 1.165) is 4.88 Å². The molecule has 0 aliphatic rings. The van der Waals surface area contributed by atoms with Gasteiger partial charge in [-0.15, -0.1) is 11.3 Å². The summed E-state index contributed by atoms with van der Waals surface area (Å²) in [6.07, 6.45) is 2.57. The van der Waals surface area contributed by atoms with E-state index in [4.69, 9.17) is 5.73 Å². The predicted molar refractivity (Wildman–Crippen MR) is 63.6 cm³/mol. The van der Waals surface area contributed by atoms with Gasteiger partial charge < -0.3 is 10.6 Å². The molecular weight excluding hydrogens is 208 g/mol. The summed E-state index contributed by atoms with van der Waals surface area (Å²) in [5, 5.41) is 2.00. The fourth-order valence-corrected chi connectivity index (χ4v) is 2.14. The summed E-state index contributed by atoms with van der Waals surface area (Å²) in [5.41, 5.74) is 5.84. The molecule has 1 radical (unpaired) electrons. The predicted octanol–water partition coefficient (Wildman–Crippen LogP) is 1.30. The normalized spacial score (nSPS) is 12.5. The lowest BCUT2D eigenvalue weighted by Crippen LogP contribution is -2.43. The lowest BCUT2D eigenvalue weighted by molar-refractivity contribution is -0.130. The Kier molecular flexibility index (Phi) is 4.78. The molecule has 1 unspecified atom stereocenters. The van der Waals surface area contributed by atoms with Crippen LogP contribution in [0.3, 0.4) is 0 Å². The highest BCUT2D eigenvalue weighted by molar-refractivity contribution is 7.09. The molecule has 2 N–H and O–H groups in total. The average molecular weight is 225 g/mol. The highest BCUT2D eigenvalue weighted by atomic mass is 32.1. The van der Waals surface area contributed by atoms with Crippen molar-refractivity contribution in [2.75, 3.05) is 13.6 Å². The molecule has 1 rings (SSSR count). The SMILES string of the molecule is C[CH]CN(C)C(=O)C(N)Cc1cccs1. The Morgan fingerprint density at radius 3 is 3.00 bits per heavy atom. The smallest absolute Gasteiger partial charge is 0.239 e. The molecular formula is C11H17N2OS. The number of nitrogens with two attached hydrogens (primary N) is 1. The molecule has 1 heterocycles. The van der Waals surface area contributed by atoms with Crippen LogP contribution in [0, 0.1) is 6.42 Å². The quantitative estimate of drug-likeness (QED) is 0.821. The molecule has 1 aromatic heterocycles. The minimum atomic E-state index is -0.423. The van der Waals surface area contributed by atoms with Crippen LogP contribution < -0.4 is 5.73 Å². The van der Waals surface area contributed by atoms with Gasteiger partial charge in [0, 0.05) is 24.9 Å². The Balaban J connectivity index is 2.46. The first-order chi connectivity index (χ1) is 7.15. The van der Waals surface area contributed by atoms with E-state index >= 15 is 0 Å². The molecule has 0 saturated heterocycles. The van der Waals surface area contributed by atoms with Crippen molar-refractivity contribution in [2.24, 2.45) is 5.73 Å². The minimum absolute atomic E-state index is 0.00139. The summed E-state index contributed by atoms with van der Waals surface area (Å²) in [4.78, 5) is 14.6. The van der Waals surface area contributed by atoms with Crippen LogP contribution in [0.25, 0.3) is 0 Å². The van der Waals surface area contributed by atoms with Gasteiger partial charge in [-0.1, -0.05) is 13.0 Å². The van der Waals surface area contributed by atoms with Crippen molar-refractivity contribution in [3.05, 3.63) is 28.8 Å². The largest absolute Gasteiger partial charge is 0.344 e. The molecule has 1 amide bonds. The summed E-state index contributed by atoms with van der Waals surface area (Å²) in [7, 11) is 1.77. The van der Waals surface area contributed by atoms with Gasteiger partial charge in [0.05, 0.1) is 6.04 Å². The third-order valence-electron chi connectivity index (χ3n) is 2.15. The number of hydrogen-bond acceptors (Lipinski definition) is 3. The number of amides is 1. The van der Waals surface area contributed by atoms with Crippen molar-refractivity contribution >= 4 is 17.2 Å². The Morgan fingerprint density at radius 2 is 2.47 bits per heavy atom. The molecule has 0 fully saturated rings. The third kappa shape index (κ3) is 3.64. The Labute approximate surface area is 94.9 Å². The molecule has 83 valence electrons. The average Bonchev–Trinajstić information content (AvgIpc) is 2.69.